The van der Waals surface area contributed by atoms with E-state index in [1.165, 1.54) is 110 Å². The maximum atomic E-state index is 6.80. The van der Waals surface area contributed by atoms with Crippen LogP contribution in [-0.2, 0) is 5.41 Å². The van der Waals surface area contributed by atoms with Gasteiger partial charge in [-0.05, 0) is 123 Å². The van der Waals surface area contributed by atoms with E-state index in [0.717, 1.165) is 57.4 Å². The van der Waals surface area contributed by atoms with Crippen molar-refractivity contribution < 1.29 is 4.74 Å². The van der Waals surface area contributed by atoms with Crippen LogP contribution in [0.4, 0.5) is 0 Å². The first kappa shape index (κ1) is 37.0. The standard InChI is InChI=1S/C51H60N4O/c1-33-28-39(55-35(3)49(34(2)53-55)50-42(36-16-9-7-10-17-36)21-15-22-43(50)37-18-11-8-12-19-37)31-41(29-33)56-40-24-25-45-44-20-13-14-23-46(44)54(47(45)32-40)48-30-38(26-27-52-48)51(4,5)6/h13-14,20-21,23-32,36-37,43,50H,7-12,15-19,22H2,1-6H3/t43-,50?/m1/s1. The van der Waals surface area contributed by atoms with Crippen molar-refractivity contribution in [3.05, 3.63) is 119 Å². The predicted molar refractivity (Wildman–Crippen MR) is 232 cm³/mol. The van der Waals surface area contributed by atoms with Gasteiger partial charge in [-0.2, -0.15) is 5.10 Å². The summed E-state index contributed by atoms with van der Waals surface area (Å²) in [5.74, 6) is 5.32. The van der Waals surface area contributed by atoms with Crippen molar-refractivity contribution in [1.82, 2.24) is 19.3 Å². The summed E-state index contributed by atoms with van der Waals surface area (Å²) >= 11 is 0. The van der Waals surface area contributed by atoms with Crippen molar-refractivity contribution in [2.24, 2.45) is 17.8 Å². The number of ether oxygens (including phenoxy) is 1. The van der Waals surface area contributed by atoms with Gasteiger partial charge in [-0.15, -0.1) is 0 Å². The van der Waals surface area contributed by atoms with E-state index in [1.54, 1.807) is 5.57 Å². The van der Waals surface area contributed by atoms with Crippen molar-refractivity contribution in [2.75, 3.05) is 0 Å². The summed E-state index contributed by atoms with van der Waals surface area (Å²) in [4.78, 5) is 4.89. The fraction of sp³-hybridized carbons (Fsp3) is 0.451. The molecule has 1 unspecified atom stereocenters. The number of benzene rings is 3. The molecule has 6 aromatic rings. The van der Waals surface area contributed by atoms with Crippen LogP contribution in [-0.4, -0.2) is 19.3 Å². The quantitative estimate of drug-likeness (QED) is 0.153. The van der Waals surface area contributed by atoms with Gasteiger partial charge in [-0.1, -0.05) is 102 Å². The number of nitrogens with zero attached hydrogens (tertiary/aromatic N) is 4. The summed E-state index contributed by atoms with van der Waals surface area (Å²) in [6.07, 6.45) is 21.1. The Balaban J connectivity index is 1.09. The largest absolute Gasteiger partial charge is 0.457 e. The average molecular weight is 745 g/mol. The maximum absolute atomic E-state index is 6.80. The molecule has 0 aliphatic heterocycles. The molecule has 3 aromatic carbocycles. The molecule has 2 saturated carbocycles. The van der Waals surface area contributed by atoms with E-state index in [4.69, 9.17) is 14.8 Å². The molecule has 9 rings (SSSR count). The molecule has 2 fully saturated rings. The minimum Gasteiger partial charge on any atom is -0.457 e. The molecule has 0 bridgehead atoms. The molecule has 0 saturated heterocycles. The highest BCUT2D eigenvalue weighted by Crippen LogP contribution is 2.52. The second-order valence-corrected chi connectivity index (χ2v) is 18.4. The van der Waals surface area contributed by atoms with E-state index in [1.807, 2.05) is 6.20 Å². The number of rotatable bonds is 7. The van der Waals surface area contributed by atoms with Crippen LogP contribution in [0, 0.1) is 38.5 Å². The molecular weight excluding hydrogens is 685 g/mol. The summed E-state index contributed by atoms with van der Waals surface area (Å²) in [5.41, 5.74) is 11.5. The summed E-state index contributed by atoms with van der Waals surface area (Å²) in [6, 6.07) is 26.1. The average Bonchev–Trinajstić information content (AvgIpc) is 3.70. The SMILES string of the molecule is Cc1cc(Oc2ccc3c4ccccc4n(-c4cc(C(C)(C)C)ccn4)c3c2)cc(-n2nc(C)c(C3C(C4CCCCC4)=CCC[C@@H]3C3CCCCC3)c2C)c1. The molecule has 3 aliphatic rings. The zero-order valence-corrected chi connectivity index (χ0v) is 34.6. The van der Waals surface area contributed by atoms with Gasteiger partial charge in [0.05, 0.1) is 22.4 Å². The molecule has 5 heteroatoms. The maximum Gasteiger partial charge on any atom is 0.137 e. The van der Waals surface area contributed by atoms with Crippen LogP contribution in [0.25, 0.3) is 33.3 Å². The molecule has 3 heterocycles. The van der Waals surface area contributed by atoms with Crippen molar-refractivity contribution in [1.29, 1.82) is 0 Å². The van der Waals surface area contributed by atoms with Crippen LogP contribution >= 0.6 is 0 Å². The Bertz CT molecular complexity index is 2410. The molecule has 0 radical (unpaired) electrons. The summed E-state index contributed by atoms with van der Waals surface area (Å²) < 4.78 is 11.3. The fourth-order valence-electron chi connectivity index (χ4n) is 11.0. The van der Waals surface area contributed by atoms with Gasteiger partial charge in [0.25, 0.3) is 0 Å². The van der Waals surface area contributed by atoms with Gasteiger partial charge in [0.1, 0.15) is 17.3 Å². The fourth-order valence-corrected chi connectivity index (χ4v) is 11.0. The van der Waals surface area contributed by atoms with Crippen molar-refractivity contribution in [3.8, 4) is 23.0 Å². The summed E-state index contributed by atoms with van der Waals surface area (Å²) in [5, 5.41) is 7.76. The Morgan fingerprint density at radius 1 is 0.714 bits per heavy atom. The Hall–Kier alpha value is -4.64. The first-order valence-electron chi connectivity index (χ1n) is 21.7. The van der Waals surface area contributed by atoms with Crippen LogP contribution in [0.15, 0.2) is 90.6 Å². The van der Waals surface area contributed by atoms with Crippen molar-refractivity contribution in [3.63, 3.8) is 0 Å². The van der Waals surface area contributed by atoms with E-state index >= 15 is 0 Å². The lowest BCUT2D eigenvalue weighted by Crippen LogP contribution is -2.31. The van der Waals surface area contributed by atoms with E-state index in [9.17, 15) is 0 Å². The van der Waals surface area contributed by atoms with Gasteiger partial charge in [0, 0.05) is 46.3 Å². The number of fused-ring (bicyclic) bond motifs is 3. The highest BCUT2D eigenvalue weighted by atomic mass is 16.5. The van der Waals surface area contributed by atoms with Crippen LogP contribution < -0.4 is 4.74 Å². The van der Waals surface area contributed by atoms with Gasteiger partial charge in [0.15, 0.2) is 0 Å². The Labute approximate surface area is 334 Å². The van der Waals surface area contributed by atoms with Crippen LogP contribution in [0.1, 0.15) is 132 Å². The predicted octanol–water partition coefficient (Wildman–Crippen LogP) is 14.0. The highest BCUT2D eigenvalue weighted by Gasteiger charge is 2.40. The lowest BCUT2D eigenvalue weighted by molar-refractivity contribution is 0.198. The number of hydrogen-bond donors (Lipinski definition) is 0. The number of hydrogen-bond acceptors (Lipinski definition) is 3. The molecule has 5 nitrogen and oxygen atoms in total. The smallest absolute Gasteiger partial charge is 0.137 e. The second-order valence-electron chi connectivity index (χ2n) is 18.4. The lowest BCUT2D eigenvalue weighted by Gasteiger charge is -2.43. The first-order valence-corrected chi connectivity index (χ1v) is 21.7. The topological polar surface area (TPSA) is 44.9 Å². The molecule has 3 aliphatic carbocycles. The number of pyridine rings is 1. The zero-order chi connectivity index (χ0) is 38.6. The third-order valence-electron chi connectivity index (χ3n) is 13.7. The summed E-state index contributed by atoms with van der Waals surface area (Å²) in [7, 11) is 0. The molecular formula is C51H60N4O. The zero-order valence-electron chi connectivity index (χ0n) is 34.6. The van der Waals surface area contributed by atoms with E-state index < -0.39 is 0 Å². The number of aryl methyl sites for hydroxylation is 2. The molecule has 290 valence electrons. The Kier molecular flexibility index (Phi) is 9.92. The van der Waals surface area contributed by atoms with Crippen LogP contribution in [0.3, 0.4) is 0 Å². The second kappa shape index (κ2) is 15.0. The molecule has 0 spiro atoms. The first-order chi connectivity index (χ1) is 27.1. The monoisotopic (exact) mass is 744 g/mol. The third kappa shape index (κ3) is 6.90. The van der Waals surface area contributed by atoms with Crippen molar-refractivity contribution >= 4 is 21.8 Å². The minimum atomic E-state index is 0.0156. The third-order valence-corrected chi connectivity index (χ3v) is 13.7. The van der Waals surface area contributed by atoms with E-state index in [-0.39, 0.29) is 5.41 Å². The normalized spacial score (nSPS) is 20.1. The van der Waals surface area contributed by atoms with Gasteiger partial charge < -0.3 is 4.74 Å². The number of para-hydroxylation sites is 1. The molecule has 2 atom stereocenters. The Morgan fingerprint density at radius 2 is 1.46 bits per heavy atom. The lowest BCUT2D eigenvalue weighted by atomic mass is 9.62. The molecule has 56 heavy (non-hydrogen) atoms. The summed E-state index contributed by atoms with van der Waals surface area (Å²) in [6.45, 7) is 13.5. The Morgan fingerprint density at radius 3 is 2.25 bits per heavy atom. The van der Waals surface area contributed by atoms with E-state index in [2.05, 4.69) is 130 Å². The van der Waals surface area contributed by atoms with Crippen molar-refractivity contribution in [2.45, 2.75) is 130 Å². The van der Waals surface area contributed by atoms with Gasteiger partial charge >= 0.3 is 0 Å². The highest BCUT2D eigenvalue weighted by molar-refractivity contribution is 6.09. The van der Waals surface area contributed by atoms with Gasteiger partial charge in [-0.3, -0.25) is 4.57 Å². The molecule has 0 amide bonds. The van der Waals surface area contributed by atoms with Crippen LogP contribution in [0.2, 0.25) is 0 Å². The van der Waals surface area contributed by atoms with E-state index in [0.29, 0.717) is 5.92 Å². The minimum absolute atomic E-state index is 0.0156. The molecule has 3 aromatic heterocycles. The number of allylic oxidation sites excluding steroid dienone is 2. The van der Waals surface area contributed by atoms with Gasteiger partial charge in [0.2, 0.25) is 0 Å². The van der Waals surface area contributed by atoms with Crippen LogP contribution in [0.5, 0.6) is 11.5 Å². The number of aromatic nitrogens is 4. The van der Waals surface area contributed by atoms with Gasteiger partial charge in [-0.25, -0.2) is 9.67 Å². The molecule has 0 N–H and O–H groups in total.